The van der Waals surface area contributed by atoms with Gasteiger partial charge >= 0.3 is 5.97 Å². The summed E-state index contributed by atoms with van der Waals surface area (Å²) >= 11 is 1.31. The molecule has 1 unspecified atom stereocenters. The Morgan fingerprint density at radius 1 is 1.14 bits per heavy atom. The van der Waals surface area contributed by atoms with E-state index in [0.29, 0.717) is 22.3 Å². The van der Waals surface area contributed by atoms with Crippen molar-refractivity contribution in [1.29, 1.82) is 5.41 Å². The Morgan fingerprint density at radius 3 is 2.57 bits per heavy atom. The number of amidine groups is 2. The minimum absolute atomic E-state index is 0.0463. The third-order valence-corrected chi connectivity index (χ3v) is 6.73. The number of fused-ring (bicyclic) bond motifs is 1. The summed E-state index contributed by atoms with van der Waals surface area (Å²) in [5.74, 6) is -0.657. The van der Waals surface area contributed by atoms with Gasteiger partial charge in [-0.1, -0.05) is 49.4 Å². The van der Waals surface area contributed by atoms with Crippen molar-refractivity contribution in [3.63, 3.8) is 0 Å². The van der Waals surface area contributed by atoms with Crippen molar-refractivity contribution in [3.8, 4) is 11.3 Å². The van der Waals surface area contributed by atoms with E-state index in [1.54, 1.807) is 24.3 Å². The van der Waals surface area contributed by atoms with Gasteiger partial charge in [0.25, 0.3) is 5.91 Å². The molecule has 0 saturated heterocycles. The number of carboxylic acid groups (broad SMARTS) is 1. The molecule has 2 N–H and O–H groups in total. The number of aromatic carboxylic acids is 1. The number of hydrazone groups is 1. The van der Waals surface area contributed by atoms with Gasteiger partial charge in [0.2, 0.25) is 5.17 Å². The molecule has 0 aliphatic carbocycles. The minimum Gasteiger partial charge on any atom is -0.478 e. The van der Waals surface area contributed by atoms with Crippen LogP contribution in [0.4, 0.5) is 0 Å². The topological polar surface area (TPSA) is 119 Å². The van der Waals surface area contributed by atoms with E-state index in [2.05, 4.69) is 17.0 Å². The SMILES string of the molecule is CCC(C1=NN2C(=N)/C(=C\c3ccc(-c4ccc(C(=O)O)cc4)o3)C(=O)N=C2S1)c1ccccc1. The number of rotatable bonds is 6. The van der Waals surface area contributed by atoms with Crippen LogP contribution in [0, 0.1) is 5.41 Å². The van der Waals surface area contributed by atoms with Crippen molar-refractivity contribution in [3.05, 3.63) is 89.2 Å². The number of aliphatic imine (C=N–C) groups is 1. The van der Waals surface area contributed by atoms with Crippen LogP contribution in [0.5, 0.6) is 0 Å². The molecule has 0 spiro atoms. The fourth-order valence-electron chi connectivity index (χ4n) is 3.89. The summed E-state index contributed by atoms with van der Waals surface area (Å²) in [7, 11) is 0. The molecule has 35 heavy (non-hydrogen) atoms. The van der Waals surface area contributed by atoms with Gasteiger partial charge in [0.15, 0.2) is 5.84 Å². The summed E-state index contributed by atoms with van der Waals surface area (Å²) in [6.07, 6.45) is 2.30. The number of carboxylic acids is 1. The smallest absolute Gasteiger partial charge is 0.335 e. The fraction of sp³-hybridized carbons (Fsp3) is 0.115. The molecule has 1 aromatic heterocycles. The van der Waals surface area contributed by atoms with Crippen LogP contribution < -0.4 is 0 Å². The Bertz CT molecular complexity index is 1420. The predicted molar refractivity (Wildman–Crippen MR) is 136 cm³/mol. The lowest BCUT2D eigenvalue weighted by atomic mass is 9.98. The number of thioether (sulfide) groups is 1. The molecule has 9 heteroatoms. The lowest BCUT2D eigenvalue weighted by Crippen LogP contribution is -2.35. The Labute approximate surface area is 205 Å². The number of hydrogen-bond donors (Lipinski definition) is 2. The van der Waals surface area contributed by atoms with Gasteiger partial charge in [0, 0.05) is 11.5 Å². The zero-order valence-electron chi connectivity index (χ0n) is 18.6. The van der Waals surface area contributed by atoms with Gasteiger partial charge in [-0.25, -0.2) is 4.79 Å². The van der Waals surface area contributed by atoms with Gasteiger partial charge in [-0.2, -0.15) is 15.1 Å². The van der Waals surface area contributed by atoms with Gasteiger partial charge in [0.05, 0.1) is 11.1 Å². The Morgan fingerprint density at radius 2 is 1.89 bits per heavy atom. The molecule has 3 aromatic rings. The van der Waals surface area contributed by atoms with Crippen molar-refractivity contribution in [2.45, 2.75) is 19.3 Å². The van der Waals surface area contributed by atoms with Crippen LogP contribution in [0.2, 0.25) is 0 Å². The van der Waals surface area contributed by atoms with Gasteiger partial charge in [-0.3, -0.25) is 10.2 Å². The molecule has 1 amide bonds. The maximum absolute atomic E-state index is 12.8. The normalized spacial score (nSPS) is 17.3. The molecule has 0 saturated carbocycles. The first-order valence-corrected chi connectivity index (χ1v) is 11.7. The lowest BCUT2D eigenvalue weighted by Gasteiger charge is -2.19. The first kappa shape index (κ1) is 22.5. The van der Waals surface area contributed by atoms with Gasteiger partial charge in [-0.05, 0) is 54.1 Å². The largest absolute Gasteiger partial charge is 0.478 e. The van der Waals surface area contributed by atoms with Crippen LogP contribution in [0.3, 0.4) is 0 Å². The summed E-state index contributed by atoms with van der Waals surface area (Å²) in [4.78, 5) is 28.0. The highest BCUT2D eigenvalue weighted by atomic mass is 32.2. The highest BCUT2D eigenvalue weighted by Crippen LogP contribution is 2.36. The number of nitrogens with zero attached hydrogens (tertiary/aromatic N) is 3. The number of amides is 1. The molecule has 8 nitrogen and oxygen atoms in total. The quantitative estimate of drug-likeness (QED) is 0.449. The van der Waals surface area contributed by atoms with Crippen LogP contribution in [-0.2, 0) is 4.79 Å². The van der Waals surface area contributed by atoms with Gasteiger partial charge in [-0.15, -0.1) is 0 Å². The molecule has 2 aliphatic rings. The van der Waals surface area contributed by atoms with Crippen molar-refractivity contribution in [2.24, 2.45) is 10.1 Å². The Kier molecular flexibility index (Phi) is 5.92. The summed E-state index contributed by atoms with van der Waals surface area (Å²) < 4.78 is 5.83. The number of carbonyl (C=O) groups excluding carboxylic acids is 1. The Balaban J connectivity index is 1.40. The summed E-state index contributed by atoms with van der Waals surface area (Å²) in [6.45, 7) is 2.07. The summed E-state index contributed by atoms with van der Waals surface area (Å²) in [5, 5.41) is 24.9. The van der Waals surface area contributed by atoms with E-state index in [1.165, 1.54) is 35.0 Å². The predicted octanol–water partition coefficient (Wildman–Crippen LogP) is 5.46. The Hall–Kier alpha value is -4.24. The molecule has 2 aromatic carbocycles. The number of hydrogen-bond acceptors (Lipinski definition) is 6. The second kappa shape index (κ2) is 9.19. The number of nitrogens with one attached hydrogen (secondary N) is 1. The maximum atomic E-state index is 12.8. The molecule has 0 fully saturated rings. The van der Waals surface area contributed by atoms with E-state index >= 15 is 0 Å². The number of carbonyl (C=O) groups is 2. The van der Waals surface area contributed by atoms with Crippen LogP contribution in [0.15, 0.2) is 86.8 Å². The highest BCUT2D eigenvalue weighted by Gasteiger charge is 2.37. The van der Waals surface area contributed by atoms with Crippen LogP contribution in [0.1, 0.15) is 40.9 Å². The lowest BCUT2D eigenvalue weighted by molar-refractivity contribution is -0.114. The second-order valence-electron chi connectivity index (χ2n) is 7.91. The van der Waals surface area contributed by atoms with E-state index in [4.69, 9.17) is 14.9 Å². The average molecular weight is 485 g/mol. The van der Waals surface area contributed by atoms with Crippen molar-refractivity contribution in [2.75, 3.05) is 0 Å². The highest BCUT2D eigenvalue weighted by molar-refractivity contribution is 8.27. The molecule has 3 heterocycles. The van der Waals surface area contributed by atoms with Crippen molar-refractivity contribution < 1.29 is 19.1 Å². The average Bonchev–Trinajstić information content (AvgIpc) is 3.50. The molecule has 2 aliphatic heterocycles. The monoisotopic (exact) mass is 484 g/mol. The third kappa shape index (κ3) is 4.33. The first-order chi connectivity index (χ1) is 16.9. The van der Waals surface area contributed by atoms with Crippen molar-refractivity contribution >= 4 is 45.8 Å². The standard InChI is InChI=1S/C26H20N4O4S/c1-2-19(15-6-4-3-5-7-15)24-29-30-22(27)20(23(31)28-26(30)35-24)14-18-12-13-21(34-18)16-8-10-17(11-9-16)25(32)33/h3-14,19,27H,2H2,1H3,(H,32,33)/b20-14+,27-22?. The molecule has 0 bridgehead atoms. The molecular formula is C26H20N4O4S. The van der Waals surface area contributed by atoms with Gasteiger partial charge in [0.1, 0.15) is 16.6 Å². The van der Waals surface area contributed by atoms with Crippen molar-refractivity contribution in [1.82, 2.24) is 5.01 Å². The van der Waals surface area contributed by atoms with E-state index in [-0.39, 0.29) is 22.9 Å². The first-order valence-electron chi connectivity index (χ1n) is 10.9. The van der Waals surface area contributed by atoms with Crippen LogP contribution >= 0.6 is 11.8 Å². The van der Waals surface area contributed by atoms with Gasteiger partial charge < -0.3 is 9.52 Å². The summed E-state index contributed by atoms with van der Waals surface area (Å²) in [6, 6.07) is 19.7. The van der Waals surface area contributed by atoms with E-state index < -0.39 is 11.9 Å². The number of benzene rings is 2. The minimum atomic E-state index is -1.00. The van der Waals surface area contributed by atoms with Crippen LogP contribution in [-0.4, -0.2) is 38.0 Å². The van der Waals surface area contributed by atoms with E-state index in [1.807, 2.05) is 30.3 Å². The number of furan rings is 1. The summed E-state index contributed by atoms with van der Waals surface area (Å²) in [5.41, 5.74) is 2.07. The van der Waals surface area contributed by atoms with E-state index in [0.717, 1.165) is 17.0 Å². The van der Waals surface area contributed by atoms with E-state index in [9.17, 15) is 9.59 Å². The maximum Gasteiger partial charge on any atom is 0.335 e. The second-order valence-corrected chi connectivity index (χ2v) is 8.90. The fourth-order valence-corrected chi connectivity index (χ4v) is 4.99. The molecule has 1 atom stereocenters. The molecule has 5 rings (SSSR count). The molecule has 0 radical (unpaired) electrons. The zero-order valence-corrected chi connectivity index (χ0v) is 19.5. The molecule has 174 valence electrons. The van der Waals surface area contributed by atoms with Crippen LogP contribution in [0.25, 0.3) is 17.4 Å². The molecular weight excluding hydrogens is 464 g/mol. The zero-order chi connectivity index (χ0) is 24.5. The third-order valence-electron chi connectivity index (χ3n) is 5.71.